The third-order valence-electron chi connectivity index (χ3n) is 3.67. The molecule has 0 heterocycles. The molecule has 1 fully saturated rings. The van der Waals surface area contributed by atoms with Gasteiger partial charge in [0.1, 0.15) is 6.10 Å². The Morgan fingerprint density at radius 3 is 2.53 bits per heavy atom. The zero-order valence-electron chi connectivity index (χ0n) is 11.5. The molecule has 0 radical (unpaired) electrons. The van der Waals surface area contributed by atoms with Crippen molar-refractivity contribution in [2.24, 2.45) is 11.1 Å². The van der Waals surface area contributed by atoms with Gasteiger partial charge in [0.05, 0.1) is 6.42 Å². The summed E-state index contributed by atoms with van der Waals surface area (Å²) in [5, 5.41) is 0. The highest BCUT2D eigenvalue weighted by atomic mass is 16.5. The first-order chi connectivity index (χ1) is 7.93. The van der Waals surface area contributed by atoms with Crippen LogP contribution < -0.4 is 5.73 Å². The average molecular weight is 241 g/mol. The van der Waals surface area contributed by atoms with Crippen LogP contribution in [-0.4, -0.2) is 18.1 Å². The highest BCUT2D eigenvalue weighted by molar-refractivity contribution is 5.70. The zero-order chi connectivity index (χ0) is 12.9. The molecule has 3 heteroatoms. The fourth-order valence-electron chi connectivity index (χ4n) is 2.41. The number of rotatable bonds is 5. The van der Waals surface area contributed by atoms with Crippen LogP contribution in [0.1, 0.15) is 65.7 Å². The molecule has 3 nitrogen and oxygen atoms in total. The summed E-state index contributed by atoms with van der Waals surface area (Å²) >= 11 is 0. The van der Waals surface area contributed by atoms with E-state index in [0.717, 1.165) is 38.5 Å². The van der Waals surface area contributed by atoms with Gasteiger partial charge in [0, 0.05) is 6.04 Å². The fraction of sp³-hybridized carbons (Fsp3) is 0.929. The predicted octanol–water partition coefficient (Wildman–Crippen LogP) is 3.02. The molecule has 0 spiro atoms. The summed E-state index contributed by atoms with van der Waals surface area (Å²) in [6, 6.07) is -0.0347. The summed E-state index contributed by atoms with van der Waals surface area (Å²) in [6.07, 6.45) is 6.71. The van der Waals surface area contributed by atoms with Gasteiger partial charge in [-0.25, -0.2) is 0 Å². The van der Waals surface area contributed by atoms with Gasteiger partial charge in [0.25, 0.3) is 0 Å². The minimum atomic E-state index is -0.115. The molecule has 100 valence electrons. The van der Waals surface area contributed by atoms with Crippen LogP contribution in [-0.2, 0) is 9.53 Å². The van der Waals surface area contributed by atoms with Crippen LogP contribution in [0.15, 0.2) is 0 Å². The normalized spacial score (nSPS) is 22.1. The number of hydrogen-bond acceptors (Lipinski definition) is 3. The minimum absolute atomic E-state index is 0.0347. The van der Waals surface area contributed by atoms with E-state index in [4.69, 9.17) is 10.5 Å². The maximum atomic E-state index is 11.7. The Morgan fingerprint density at radius 2 is 2.00 bits per heavy atom. The molecule has 0 saturated heterocycles. The molecule has 0 aromatic carbocycles. The van der Waals surface area contributed by atoms with Crippen molar-refractivity contribution >= 4 is 5.97 Å². The topological polar surface area (TPSA) is 52.3 Å². The van der Waals surface area contributed by atoms with E-state index < -0.39 is 0 Å². The van der Waals surface area contributed by atoms with Gasteiger partial charge in [-0.15, -0.1) is 0 Å². The van der Waals surface area contributed by atoms with E-state index in [1.807, 2.05) is 0 Å². The quantitative estimate of drug-likeness (QED) is 0.753. The van der Waals surface area contributed by atoms with Gasteiger partial charge in [-0.05, 0) is 37.5 Å². The summed E-state index contributed by atoms with van der Waals surface area (Å²) < 4.78 is 5.48. The number of carbonyl (C=O) groups is 1. The van der Waals surface area contributed by atoms with Crippen molar-refractivity contribution in [2.75, 3.05) is 0 Å². The first-order valence-corrected chi connectivity index (χ1v) is 6.88. The molecule has 1 saturated carbocycles. The summed E-state index contributed by atoms with van der Waals surface area (Å²) in [6.45, 7) is 6.64. The molecule has 0 amide bonds. The van der Waals surface area contributed by atoms with Crippen LogP contribution in [0.25, 0.3) is 0 Å². The van der Waals surface area contributed by atoms with Gasteiger partial charge in [-0.1, -0.05) is 27.2 Å². The standard InChI is InChI=1S/C14H27NO2/c1-4-5-11(15)10-13(16)17-12-6-8-14(2,3)9-7-12/h11-12H,4-10,15H2,1-3H3. The second-order valence-corrected chi connectivity index (χ2v) is 6.11. The summed E-state index contributed by atoms with van der Waals surface area (Å²) in [5.41, 5.74) is 6.25. The van der Waals surface area contributed by atoms with Crippen LogP contribution >= 0.6 is 0 Å². The molecule has 1 atom stereocenters. The van der Waals surface area contributed by atoms with Crippen LogP contribution in [0.2, 0.25) is 0 Å². The van der Waals surface area contributed by atoms with E-state index >= 15 is 0 Å². The number of esters is 1. The SMILES string of the molecule is CCCC(N)CC(=O)OC1CCC(C)(C)CC1. The Labute approximate surface area is 105 Å². The fourth-order valence-corrected chi connectivity index (χ4v) is 2.41. The van der Waals surface area contributed by atoms with Crippen LogP contribution in [0.5, 0.6) is 0 Å². The summed E-state index contributed by atoms with van der Waals surface area (Å²) in [5.74, 6) is -0.115. The lowest BCUT2D eigenvalue weighted by Crippen LogP contribution is -2.31. The van der Waals surface area contributed by atoms with E-state index in [2.05, 4.69) is 20.8 Å². The first-order valence-electron chi connectivity index (χ1n) is 6.88. The van der Waals surface area contributed by atoms with Crippen molar-refractivity contribution in [2.45, 2.75) is 77.9 Å². The van der Waals surface area contributed by atoms with Gasteiger partial charge in [0.15, 0.2) is 0 Å². The van der Waals surface area contributed by atoms with E-state index in [0.29, 0.717) is 11.8 Å². The smallest absolute Gasteiger partial charge is 0.307 e. The van der Waals surface area contributed by atoms with Crippen molar-refractivity contribution in [3.63, 3.8) is 0 Å². The maximum absolute atomic E-state index is 11.7. The highest BCUT2D eigenvalue weighted by Gasteiger charge is 2.28. The lowest BCUT2D eigenvalue weighted by Gasteiger charge is -2.34. The monoisotopic (exact) mass is 241 g/mol. The number of nitrogens with two attached hydrogens (primary N) is 1. The maximum Gasteiger partial charge on any atom is 0.307 e. The molecule has 0 bridgehead atoms. The van der Waals surface area contributed by atoms with Gasteiger partial charge in [0.2, 0.25) is 0 Å². The van der Waals surface area contributed by atoms with E-state index in [-0.39, 0.29) is 18.1 Å². The molecule has 1 unspecified atom stereocenters. The molecule has 0 aromatic heterocycles. The van der Waals surface area contributed by atoms with Crippen LogP contribution in [0, 0.1) is 5.41 Å². The Morgan fingerprint density at radius 1 is 1.41 bits per heavy atom. The number of carbonyl (C=O) groups excluding carboxylic acids is 1. The van der Waals surface area contributed by atoms with E-state index in [9.17, 15) is 4.79 Å². The lowest BCUT2D eigenvalue weighted by atomic mass is 9.76. The van der Waals surface area contributed by atoms with Gasteiger partial charge in [-0.2, -0.15) is 0 Å². The van der Waals surface area contributed by atoms with Crippen molar-refractivity contribution in [3.8, 4) is 0 Å². The molecular formula is C14H27NO2. The van der Waals surface area contributed by atoms with Crippen molar-refractivity contribution < 1.29 is 9.53 Å². The van der Waals surface area contributed by atoms with Crippen molar-refractivity contribution in [1.29, 1.82) is 0 Å². The summed E-state index contributed by atoms with van der Waals surface area (Å²) in [7, 11) is 0. The second kappa shape index (κ2) is 6.39. The number of hydrogen-bond donors (Lipinski definition) is 1. The van der Waals surface area contributed by atoms with Crippen molar-refractivity contribution in [3.05, 3.63) is 0 Å². The molecular weight excluding hydrogens is 214 g/mol. The molecule has 2 N–H and O–H groups in total. The third kappa shape index (κ3) is 5.53. The van der Waals surface area contributed by atoms with Crippen LogP contribution in [0.4, 0.5) is 0 Å². The predicted molar refractivity (Wildman–Crippen MR) is 69.6 cm³/mol. The van der Waals surface area contributed by atoms with Gasteiger partial charge < -0.3 is 10.5 Å². The molecule has 1 rings (SSSR count). The first kappa shape index (κ1) is 14.5. The molecule has 1 aliphatic carbocycles. The Balaban J connectivity index is 2.23. The lowest BCUT2D eigenvalue weighted by molar-refractivity contribution is -0.152. The average Bonchev–Trinajstić information content (AvgIpc) is 2.21. The Bertz CT molecular complexity index is 241. The Hall–Kier alpha value is -0.570. The summed E-state index contributed by atoms with van der Waals surface area (Å²) in [4.78, 5) is 11.7. The van der Waals surface area contributed by atoms with E-state index in [1.54, 1.807) is 0 Å². The zero-order valence-corrected chi connectivity index (χ0v) is 11.5. The van der Waals surface area contributed by atoms with Gasteiger partial charge in [-0.3, -0.25) is 4.79 Å². The number of ether oxygens (including phenoxy) is 1. The second-order valence-electron chi connectivity index (χ2n) is 6.11. The van der Waals surface area contributed by atoms with E-state index in [1.165, 1.54) is 0 Å². The molecule has 0 aromatic rings. The van der Waals surface area contributed by atoms with Gasteiger partial charge >= 0.3 is 5.97 Å². The van der Waals surface area contributed by atoms with Crippen molar-refractivity contribution in [1.82, 2.24) is 0 Å². The minimum Gasteiger partial charge on any atom is -0.462 e. The molecule has 1 aliphatic rings. The third-order valence-corrected chi connectivity index (χ3v) is 3.67. The highest BCUT2D eigenvalue weighted by Crippen LogP contribution is 2.36. The molecule has 0 aliphatic heterocycles. The molecule has 17 heavy (non-hydrogen) atoms. The Kier molecular flexibility index (Phi) is 5.44. The van der Waals surface area contributed by atoms with Crippen LogP contribution in [0.3, 0.4) is 0 Å². The largest absolute Gasteiger partial charge is 0.462 e.